The molecule has 0 spiro atoms. The first kappa shape index (κ1) is 27.5. The van der Waals surface area contributed by atoms with Crippen molar-refractivity contribution in [1.82, 2.24) is 0 Å². The standard InChI is InChI=1S/C21H20N4O4.2ClH.Cu.Sn/c22-20-16(18(26)12-6-1-3-8-14(12)28-20)24-10-5-11-25-17-19(27)13-7-2-4-9-15(13)29-21(17)23;;;;/h1-4,6-9,24-25H,5,10-11H2,(H4,22,23,26,27);2*1H;;/q;;;+2;+4/p-2. The van der Waals surface area contributed by atoms with Crippen molar-refractivity contribution in [3.8, 4) is 0 Å². The molecular weight excluding hydrogens is 625 g/mol. The summed E-state index contributed by atoms with van der Waals surface area (Å²) < 4.78 is 10.8. The van der Waals surface area contributed by atoms with E-state index in [0.29, 0.717) is 41.4 Å². The predicted molar refractivity (Wildman–Crippen MR) is 128 cm³/mol. The second-order valence-electron chi connectivity index (χ2n) is 6.75. The molecule has 2 heterocycles. The normalized spacial score (nSPS) is 10.2. The largest absolute Gasteiger partial charge is 2.00 e. The van der Waals surface area contributed by atoms with Crippen molar-refractivity contribution >= 4 is 81.8 Å². The minimum Gasteiger partial charge on any atom is -0.663 e. The minimum absolute atomic E-state index is 0. The average Bonchev–Trinajstić information content (AvgIpc) is 2.78. The fraction of sp³-hybridized carbons (Fsp3) is 0.143. The molecule has 33 heavy (non-hydrogen) atoms. The number of quaternary nitrogens is 2. The van der Waals surface area contributed by atoms with Gasteiger partial charge in [-0.1, -0.05) is 24.3 Å². The van der Waals surface area contributed by atoms with Crippen molar-refractivity contribution < 1.29 is 36.5 Å². The van der Waals surface area contributed by atoms with Crippen LogP contribution >= 0.6 is 17.8 Å². The minimum atomic E-state index is -0.826. The van der Waals surface area contributed by atoms with Gasteiger partial charge in [-0.25, -0.2) is 0 Å². The first-order valence-electron chi connectivity index (χ1n) is 9.65. The van der Waals surface area contributed by atoms with Crippen LogP contribution in [-0.4, -0.2) is 32.0 Å². The van der Waals surface area contributed by atoms with Crippen LogP contribution in [0.4, 0.5) is 23.1 Å². The van der Waals surface area contributed by atoms with Crippen LogP contribution in [0.15, 0.2) is 67.0 Å². The van der Waals surface area contributed by atoms with Gasteiger partial charge < -0.3 is 30.9 Å². The number of rotatable bonds is 6. The molecular formula is C21H20Cl2CuN4O4Sn+4. The first-order chi connectivity index (χ1) is 15.5. The molecule has 0 fully saturated rings. The molecule has 0 amide bonds. The van der Waals surface area contributed by atoms with Crippen LogP contribution in [0.1, 0.15) is 6.42 Å². The Morgan fingerprint density at radius 1 is 0.758 bits per heavy atom. The molecule has 2 aromatic carbocycles. The Labute approximate surface area is 217 Å². The molecule has 0 atom stereocenters. The zero-order valence-electron chi connectivity index (χ0n) is 17.1. The molecule has 6 N–H and O–H groups in total. The molecule has 0 bridgehead atoms. The van der Waals surface area contributed by atoms with E-state index in [1.54, 1.807) is 59.2 Å². The maximum atomic E-state index is 12.6. The zero-order valence-corrected chi connectivity index (χ0v) is 22.4. The topological polar surface area (TPSA) is 141 Å². The summed E-state index contributed by atoms with van der Waals surface area (Å²) in [5, 5.41) is 4.29. The van der Waals surface area contributed by atoms with Crippen LogP contribution in [0, 0.1) is 0 Å². The summed E-state index contributed by atoms with van der Waals surface area (Å²) in [5.74, 6) is -0.303. The fourth-order valence-electron chi connectivity index (χ4n) is 3.29. The predicted octanol–water partition coefficient (Wildman–Crippen LogP) is 3.74. The third-order valence-corrected chi connectivity index (χ3v) is 4.77. The first-order valence-corrected chi connectivity index (χ1v) is 16.9. The zero-order chi connectivity index (χ0) is 23.1. The Morgan fingerprint density at radius 2 is 1.12 bits per heavy atom. The number of hydrogen-bond donors (Lipinski definition) is 2. The van der Waals surface area contributed by atoms with Gasteiger partial charge in [-0.2, -0.15) is 0 Å². The van der Waals surface area contributed by atoms with E-state index in [1.807, 2.05) is 0 Å². The van der Waals surface area contributed by atoms with E-state index in [4.69, 9.17) is 38.1 Å². The van der Waals surface area contributed by atoms with Crippen molar-refractivity contribution in [1.29, 1.82) is 0 Å². The molecule has 1 radical (unpaired) electrons. The number of halogens is 2. The van der Waals surface area contributed by atoms with Crippen molar-refractivity contribution in [3.05, 3.63) is 80.4 Å². The van der Waals surface area contributed by atoms with Crippen LogP contribution in [0.3, 0.4) is 0 Å². The summed E-state index contributed by atoms with van der Waals surface area (Å²) in [6.45, 7) is 1.08. The third kappa shape index (κ3) is 6.66. The van der Waals surface area contributed by atoms with Crippen molar-refractivity contribution in [2.24, 2.45) is 0 Å². The number of para-hydroxylation sites is 2. The van der Waals surface area contributed by atoms with Gasteiger partial charge in [0.2, 0.25) is 0 Å². The van der Waals surface area contributed by atoms with Gasteiger partial charge in [0.25, 0.3) is 10.9 Å². The quantitative estimate of drug-likeness (QED) is 0.244. The molecule has 8 nitrogen and oxygen atoms in total. The van der Waals surface area contributed by atoms with Gasteiger partial charge in [0, 0.05) is 6.42 Å². The van der Waals surface area contributed by atoms with Gasteiger partial charge in [0.1, 0.15) is 11.2 Å². The molecule has 0 aliphatic heterocycles. The molecule has 12 heteroatoms. The van der Waals surface area contributed by atoms with Crippen LogP contribution < -0.4 is 21.5 Å². The monoisotopic (exact) mass is 645 g/mol. The fourth-order valence-corrected chi connectivity index (χ4v) is 3.29. The Morgan fingerprint density at radius 3 is 1.52 bits per heavy atom. The van der Waals surface area contributed by atoms with Crippen molar-refractivity contribution in [2.45, 2.75) is 6.42 Å². The van der Waals surface area contributed by atoms with E-state index >= 15 is 0 Å². The maximum absolute atomic E-state index is 12.6. The summed E-state index contributed by atoms with van der Waals surface area (Å²) in [5.41, 5.74) is 16.8. The summed E-state index contributed by atoms with van der Waals surface area (Å²) in [6, 6.07) is 13.7. The van der Waals surface area contributed by atoms with Gasteiger partial charge in [-0.05, 0) is 24.3 Å². The summed E-state index contributed by atoms with van der Waals surface area (Å²) >= 11 is -0.826. The Balaban J connectivity index is 0.000000914. The average molecular weight is 646 g/mol. The Hall–Kier alpha value is -1.72. The maximum Gasteiger partial charge on any atom is 2.00 e. The molecule has 173 valence electrons. The molecule has 0 unspecified atom stereocenters. The molecule has 0 aliphatic carbocycles. The summed E-state index contributed by atoms with van der Waals surface area (Å²) in [6.07, 6.45) is 0.650. The van der Waals surface area contributed by atoms with Gasteiger partial charge in [-0.3, -0.25) is 9.59 Å². The molecule has 4 aromatic rings. The third-order valence-electron chi connectivity index (χ3n) is 4.77. The van der Waals surface area contributed by atoms with Crippen LogP contribution in [-0.2, 0) is 17.1 Å². The van der Waals surface area contributed by atoms with E-state index < -0.39 is 18.9 Å². The van der Waals surface area contributed by atoms with Crippen molar-refractivity contribution in [2.75, 3.05) is 13.1 Å². The molecule has 2 aromatic heterocycles. The van der Waals surface area contributed by atoms with Gasteiger partial charge in [-0.15, -0.1) is 0 Å². The van der Waals surface area contributed by atoms with E-state index in [9.17, 15) is 9.59 Å². The number of hydrogen-bond acceptors (Lipinski definition) is 4. The second-order valence-corrected chi connectivity index (χ2v) is 11.0. The molecule has 0 saturated heterocycles. The Bertz CT molecular complexity index is 1250. The smallest absolute Gasteiger partial charge is 0.663 e. The number of nitrogens with one attached hydrogen (secondary N) is 2. The number of fused-ring (bicyclic) bond motifs is 2. The van der Waals surface area contributed by atoms with Gasteiger partial charge in [0.15, 0.2) is 11.4 Å². The van der Waals surface area contributed by atoms with Gasteiger partial charge in [0.05, 0.1) is 35.6 Å². The summed E-state index contributed by atoms with van der Waals surface area (Å²) in [7, 11) is 9.87. The number of nitrogens with two attached hydrogens (primary N) is 2. The number of benzene rings is 2. The Kier molecular flexibility index (Phi) is 11.0. The van der Waals surface area contributed by atoms with E-state index in [2.05, 4.69) is 0 Å². The van der Waals surface area contributed by atoms with E-state index in [1.165, 1.54) is 0 Å². The van der Waals surface area contributed by atoms with Gasteiger partial charge >= 0.3 is 53.8 Å². The second kappa shape index (κ2) is 13.2. The summed E-state index contributed by atoms with van der Waals surface area (Å²) in [4.78, 5) is 25.1. The van der Waals surface area contributed by atoms with Crippen LogP contribution in [0.2, 0.25) is 0 Å². The van der Waals surface area contributed by atoms with Crippen LogP contribution in [0.25, 0.3) is 33.4 Å². The SMILES string of the molecule is [Cl][Sn+2][Cl].[Cu+2].[NH-]c1oc2ccccc2c(=O)c1[NH2+]CCC[NH2+]c1c([NH-])oc2ccccc2c1=O. The molecule has 0 saturated carbocycles. The van der Waals surface area contributed by atoms with E-state index in [-0.39, 0.29) is 51.1 Å². The van der Waals surface area contributed by atoms with Crippen molar-refractivity contribution in [3.63, 3.8) is 0 Å². The molecule has 4 rings (SSSR count). The molecule has 0 aliphatic rings. The van der Waals surface area contributed by atoms with E-state index in [0.717, 1.165) is 0 Å². The van der Waals surface area contributed by atoms with Crippen LogP contribution in [0.5, 0.6) is 0 Å².